The van der Waals surface area contributed by atoms with Crippen LogP contribution in [-0.4, -0.2) is 47.2 Å². The van der Waals surface area contributed by atoms with Crippen molar-refractivity contribution < 1.29 is 5.11 Å². The first-order valence-corrected chi connectivity index (χ1v) is 8.24. The fourth-order valence-corrected chi connectivity index (χ4v) is 4.13. The maximum Gasteiger partial charge on any atom is 0.185 e. The molecule has 106 valence electrons. The number of aliphatic hydroxyl groups excluding tert-OH is 1. The molecular weight excluding hydrogens is 258 g/mol. The zero-order valence-corrected chi connectivity index (χ0v) is 12.4. The Morgan fingerprint density at radius 3 is 2.53 bits per heavy atom. The Bertz CT molecular complexity index is 407. The van der Waals surface area contributed by atoms with Crippen LogP contribution in [-0.2, 0) is 0 Å². The van der Waals surface area contributed by atoms with Gasteiger partial charge < -0.3 is 10.0 Å². The second-order valence-electron chi connectivity index (χ2n) is 5.69. The Hall–Kier alpha value is -0.650. The van der Waals surface area contributed by atoms with E-state index in [1.807, 2.05) is 5.38 Å². The van der Waals surface area contributed by atoms with E-state index in [0.717, 1.165) is 43.0 Å². The number of piperazine rings is 1. The maximum atomic E-state index is 9.54. The van der Waals surface area contributed by atoms with Crippen LogP contribution in [0.2, 0.25) is 0 Å². The Labute approximate surface area is 119 Å². The van der Waals surface area contributed by atoms with E-state index in [9.17, 15) is 5.11 Å². The van der Waals surface area contributed by atoms with Crippen molar-refractivity contribution in [1.29, 1.82) is 0 Å². The Balaban J connectivity index is 1.56. The summed E-state index contributed by atoms with van der Waals surface area (Å²) in [5.74, 6) is 0. The lowest BCUT2D eigenvalue weighted by Gasteiger charge is -2.37. The van der Waals surface area contributed by atoms with Crippen molar-refractivity contribution in [3.05, 3.63) is 11.1 Å². The molecule has 2 fully saturated rings. The van der Waals surface area contributed by atoms with E-state index in [1.54, 1.807) is 18.3 Å². The van der Waals surface area contributed by atoms with Gasteiger partial charge in [0.15, 0.2) is 5.13 Å². The van der Waals surface area contributed by atoms with E-state index < -0.39 is 6.10 Å². The van der Waals surface area contributed by atoms with Gasteiger partial charge in [0, 0.05) is 37.6 Å². The molecule has 1 unspecified atom stereocenters. The third-order valence-electron chi connectivity index (χ3n) is 4.36. The zero-order chi connectivity index (χ0) is 13.2. The molecule has 1 aliphatic heterocycles. The summed E-state index contributed by atoms with van der Waals surface area (Å²) in [5, 5.41) is 12.6. The van der Waals surface area contributed by atoms with Crippen LogP contribution in [0.1, 0.15) is 44.4 Å². The number of nitrogens with zero attached hydrogens (tertiary/aromatic N) is 3. The predicted molar refractivity (Wildman–Crippen MR) is 78.8 cm³/mol. The predicted octanol–water partition coefficient (Wildman–Crippen LogP) is 2.26. The van der Waals surface area contributed by atoms with Crippen molar-refractivity contribution >= 4 is 16.5 Å². The number of rotatable bonds is 3. The molecule has 3 rings (SSSR count). The lowest BCUT2D eigenvalue weighted by molar-refractivity contribution is 0.187. The molecule has 2 aliphatic rings. The molecule has 19 heavy (non-hydrogen) atoms. The summed E-state index contributed by atoms with van der Waals surface area (Å²) >= 11 is 1.65. The fraction of sp³-hybridized carbons (Fsp3) is 0.786. The van der Waals surface area contributed by atoms with Gasteiger partial charge in [0.2, 0.25) is 0 Å². The van der Waals surface area contributed by atoms with Crippen LogP contribution in [0.25, 0.3) is 0 Å². The Kier molecular flexibility index (Phi) is 4.05. The average Bonchev–Trinajstić information content (AvgIpc) is 3.11. The second kappa shape index (κ2) is 5.77. The van der Waals surface area contributed by atoms with Crippen molar-refractivity contribution in [1.82, 2.24) is 9.88 Å². The minimum Gasteiger partial charge on any atom is -0.387 e. The van der Waals surface area contributed by atoms with Gasteiger partial charge in [-0.15, -0.1) is 11.3 Å². The number of thiazole rings is 1. The van der Waals surface area contributed by atoms with Crippen LogP contribution in [0, 0.1) is 0 Å². The van der Waals surface area contributed by atoms with Gasteiger partial charge in [0.05, 0.1) is 11.8 Å². The first kappa shape index (κ1) is 13.3. The monoisotopic (exact) mass is 281 g/mol. The van der Waals surface area contributed by atoms with Crippen LogP contribution in [0.15, 0.2) is 5.38 Å². The van der Waals surface area contributed by atoms with Gasteiger partial charge >= 0.3 is 0 Å². The second-order valence-corrected chi connectivity index (χ2v) is 6.53. The number of hydrogen-bond donors (Lipinski definition) is 1. The molecule has 1 saturated carbocycles. The van der Waals surface area contributed by atoms with Crippen molar-refractivity contribution in [3.63, 3.8) is 0 Å². The van der Waals surface area contributed by atoms with Gasteiger partial charge in [-0.2, -0.15) is 0 Å². The van der Waals surface area contributed by atoms with Gasteiger partial charge in [0.25, 0.3) is 0 Å². The molecule has 2 heterocycles. The molecule has 1 aromatic rings. The molecule has 1 aliphatic carbocycles. The summed E-state index contributed by atoms with van der Waals surface area (Å²) in [7, 11) is 0. The lowest BCUT2D eigenvalue weighted by atomic mass is 10.2. The van der Waals surface area contributed by atoms with Gasteiger partial charge in [-0.05, 0) is 19.8 Å². The van der Waals surface area contributed by atoms with E-state index in [-0.39, 0.29) is 0 Å². The fourth-order valence-electron chi connectivity index (χ4n) is 3.16. The molecule has 0 spiro atoms. The topological polar surface area (TPSA) is 39.6 Å². The molecule has 0 aromatic carbocycles. The first-order chi connectivity index (χ1) is 9.24. The molecule has 0 bridgehead atoms. The van der Waals surface area contributed by atoms with Gasteiger partial charge in [0.1, 0.15) is 0 Å². The van der Waals surface area contributed by atoms with Gasteiger partial charge in [-0.1, -0.05) is 12.8 Å². The Morgan fingerprint density at radius 2 is 1.95 bits per heavy atom. The zero-order valence-electron chi connectivity index (χ0n) is 11.6. The van der Waals surface area contributed by atoms with E-state index in [0.29, 0.717) is 0 Å². The molecule has 1 saturated heterocycles. The minimum atomic E-state index is -0.454. The highest BCUT2D eigenvalue weighted by Crippen LogP contribution is 2.28. The SMILES string of the molecule is CC(O)c1csc(N2CCN(C3CCCC3)CC2)n1. The van der Waals surface area contributed by atoms with E-state index in [4.69, 9.17) is 0 Å². The molecular formula is C14H23N3OS. The highest BCUT2D eigenvalue weighted by atomic mass is 32.1. The summed E-state index contributed by atoms with van der Waals surface area (Å²) < 4.78 is 0. The van der Waals surface area contributed by atoms with Crippen LogP contribution in [0.4, 0.5) is 5.13 Å². The number of hydrogen-bond acceptors (Lipinski definition) is 5. The summed E-state index contributed by atoms with van der Waals surface area (Å²) in [6, 6.07) is 0.839. The summed E-state index contributed by atoms with van der Waals surface area (Å²) in [6.07, 6.45) is 5.15. The summed E-state index contributed by atoms with van der Waals surface area (Å²) in [4.78, 5) is 9.55. The number of anilines is 1. The summed E-state index contributed by atoms with van der Waals surface area (Å²) in [6.45, 7) is 6.24. The molecule has 4 nitrogen and oxygen atoms in total. The third-order valence-corrected chi connectivity index (χ3v) is 5.28. The average molecular weight is 281 g/mol. The summed E-state index contributed by atoms with van der Waals surface area (Å²) in [5.41, 5.74) is 0.804. The largest absolute Gasteiger partial charge is 0.387 e. The molecule has 0 amide bonds. The lowest BCUT2D eigenvalue weighted by Crippen LogP contribution is -2.49. The maximum absolute atomic E-state index is 9.54. The van der Waals surface area contributed by atoms with Crippen molar-refractivity contribution in [2.75, 3.05) is 31.1 Å². The van der Waals surface area contributed by atoms with E-state index >= 15 is 0 Å². The molecule has 5 heteroatoms. The highest BCUT2D eigenvalue weighted by Gasteiger charge is 2.27. The third kappa shape index (κ3) is 2.93. The van der Waals surface area contributed by atoms with Crippen LogP contribution in [0.3, 0.4) is 0 Å². The molecule has 1 N–H and O–H groups in total. The quantitative estimate of drug-likeness (QED) is 0.922. The van der Waals surface area contributed by atoms with Gasteiger partial charge in [-0.25, -0.2) is 4.98 Å². The van der Waals surface area contributed by atoms with Crippen LogP contribution in [0.5, 0.6) is 0 Å². The van der Waals surface area contributed by atoms with Crippen molar-refractivity contribution in [3.8, 4) is 0 Å². The van der Waals surface area contributed by atoms with Crippen LogP contribution < -0.4 is 4.90 Å². The minimum absolute atomic E-state index is 0.454. The van der Waals surface area contributed by atoms with E-state index in [2.05, 4.69) is 14.8 Å². The number of aromatic nitrogens is 1. The van der Waals surface area contributed by atoms with Crippen molar-refractivity contribution in [2.24, 2.45) is 0 Å². The normalized spacial score (nSPS) is 24.0. The first-order valence-electron chi connectivity index (χ1n) is 7.36. The van der Waals surface area contributed by atoms with Crippen LogP contribution >= 0.6 is 11.3 Å². The van der Waals surface area contributed by atoms with Gasteiger partial charge in [-0.3, -0.25) is 4.90 Å². The molecule has 0 radical (unpaired) electrons. The molecule has 1 aromatic heterocycles. The number of aliphatic hydroxyl groups is 1. The Morgan fingerprint density at radius 1 is 1.26 bits per heavy atom. The smallest absolute Gasteiger partial charge is 0.185 e. The highest BCUT2D eigenvalue weighted by molar-refractivity contribution is 7.13. The van der Waals surface area contributed by atoms with E-state index in [1.165, 1.54) is 25.7 Å². The van der Waals surface area contributed by atoms with Crippen molar-refractivity contribution in [2.45, 2.75) is 44.8 Å². The molecule has 1 atom stereocenters. The standard InChI is InChI=1S/C14H23N3OS/c1-11(18)13-10-19-14(15-13)17-8-6-16(7-9-17)12-4-2-3-5-12/h10-12,18H,2-9H2,1H3.